The highest BCUT2D eigenvalue weighted by molar-refractivity contribution is 6.16. The third-order valence-corrected chi connectivity index (χ3v) is 4.13. The van der Waals surface area contributed by atoms with E-state index in [4.69, 9.17) is 16.3 Å². The van der Waals surface area contributed by atoms with Crippen molar-refractivity contribution in [1.29, 1.82) is 0 Å². The Bertz CT molecular complexity index is 590. The first kappa shape index (κ1) is 13.8. The topological polar surface area (TPSA) is 39.9 Å². The number of ether oxygens (including phenoxy) is 1. The summed E-state index contributed by atoms with van der Waals surface area (Å²) >= 11 is 6.00. The van der Waals surface area contributed by atoms with E-state index in [1.807, 2.05) is 19.2 Å². The zero-order valence-corrected chi connectivity index (χ0v) is 12.6. The molecule has 0 aromatic carbocycles. The van der Waals surface area contributed by atoms with Gasteiger partial charge in [0, 0.05) is 12.7 Å². The maximum absolute atomic E-state index is 6.00. The Morgan fingerprint density at radius 1 is 1.40 bits per heavy atom. The summed E-state index contributed by atoms with van der Waals surface area (Å²) in [6.07, 6.45) is 7.31. The number of fused-ring (bicyclic) bond motifs is 1. The Balaban J connectivity index is 1.75. The SMILES string of the molecule is Cc1cnc2c(c1)nc(CCl)n2CCOC1CCCC1. The first-order valence-corrected chi connectivity index (χ1v) is 7.80. The van der Waals surface area contributed by atoms with Crippen molar-refractivity contribution in [1.82, 2.24) is 14.5 Å². The summed E-state index contributed by atoms with van der Waals surface area (Å²) in [4.78, 5) is 9.04. The number of nitrogens with zero attached hydrogens (tertiary/aromatic N) is 3. The average Bonchev–Trinajstić information content (AvgIpc) is 3.06. The highest BCUT2D eigenvalue weighted by atomic mass is 35.5. The summed E-state index contributed by atoms with van der Waals surface area (Å²) in [5.74, 6) is 1.27. The molecule has 1 aliphatic rings. The van der Waals surface area contributed by atoms with Gasteiger partial charge in [0.15, 0.2) is 5.65 Å². The van der Waals surface area contributed by atoms with Gasteiger partial charge in [-0.25, -0.2) is 9.97 Å². The van der Waals surface area contributed by atoms with E-state index in [0.717, 1.165) is 29.1 Å². The maximum atomic E-state index is 6.00. The molecule has 20 heavy (non-hydrogen) atoms. The monoisotopic (exact) mass is 293 g/mol. The van der Waals surface area contributed by atoms with Gasteiger partial charge < -0.3 is 9.30 Å². The minimum atomic E-state index is 0.402. The third-order valence-electron chi connectivity index (χ3n) is 3.89. The van der Waals surface area contributed by atoms with Crippen molar-refractivity contribution in [2.24, 2.45) is 0 Å². The smallest absolute Gasteiger partial charge is 0.160 e. The van der Waals surface area contributed by atoms with Gasteiger partial charge in [-0.2, -0.15) is 0 Å². The van der Waals surface area contributed by atoms with Gasteiger partial charge in [-0.1, -0.05) is 12.8 Å². The summed E-state index contributed by atoms with van der Waals surface area (Å²) in [7, 11) is 0. The Morgan fingerprint density at radius 2 is 2.20 bits per heavy atom. The standard InChI is InChI=1S/C15H20ClN3O/c1-11-8-13-15(17-10-11)19(14(9-16)18-13)6-7-20-12-4-2-3-5-12/h8,10,12H,2-7,9H2,1H3. The molecule has 108 valence electrons. The summed E-state index contributed by atoms with van der Waals surface area (Å²) in [6, 6.07) is 2.05. The molecule has 5 heteroatoms. The van der Waals surface area contributed by atoms with E-state index in [9.17, 15) is 0 Å². The minimum absolute atomic E-state index is 0.402. The number of aryl methyl sites for hydroxylation is 1. The first-order valence-electron chi connectivity index (χ1n) is 7.27. The lowest BCUT2D eigenvalue weighted by atomic mass is 10.3. The van der Waals surface area contributed by atoms with Crippen molar-refractivity contribution in [3.63, 3.8) is 0 Å². The van der Waals surface area contributed by atoms with Crippen LogP contribution < -0.4 is 0 Å². The predicted molar refractivity (Wildman–Crippen MR) is 80.0 cm³/mol. The molecule has 2 aromatic rings. The second kappa shape index (κ2) is 6.10. The highest BCUT2D eigenvalue weighted by Gasteiger charge is 2.16. The van der Waals surface area contributed by atoms with Gasteiger partial charge >= 0.3 is 0 Å². The molecule has 0 spiro atoms. The van der Waals surface area contributed by atoms with E-state index in [-0.39, 0.29) is 0 Å². The normalized spacial score (nSPS) is 16.3. The van der Waals surface area contributed by atoms with Crippen LogP contribution in [0, 0.1) is 6.92 Å². The number of alkyl halides is 1. The predicted octanol–water partition coefficient (Wildman–Crippen LogP) is 3.44. The van der Waals surface area contributed by atoms with Gasteiger partial charge in [-0.05, 0) is 31.4 Å². The summed E-state index contributed by atoms with van der Waals surface area (Å²) < 4.78 is 8.01. The van der Waals surface area contributed by atoms with E-state index in [1.54, 1.807) is 0 Å². The zero-order valence-electron chi connectivity index (χ0n) is 11.8. The van der Waals surface area contributed by atoms with Crippen LogP contribution in [0.25, 0.3) is 11.2 Å². The molecule has 0 amide bonds. The van der Waals surface area contributed by atoms with Crippen molar-refractivity contribution in [2.75, 3.05) is 6.61 Å². The van der Waals surface area contributed by atoms with Crippen LogP contribution >= 0.6 is 11.6 Å². The molecule has 2 aromatic heterocycles. The number of pyridine rings is 1. The van der Waals surface area contributed by atoms with Crippen LogP contribution in [0.15, 0.2) is 12.3 Å². The molecule has 1 saturated carbocycles. The van der Waals surface area contributed by atoms with Crippen molar-refractivity contribution in [3.8, 4) is 0 Å². The Hall–Kier alpha value is -1.13. The summed E-state index contributed by atoms with van der Waals surface area (Å²) in [6.45, 7) is 3.50. The van der Waals surface area contributed by atoms with Gasteiger partial charge in [0.25, 0.3) is 0 Å². The Kier molecular flexibility index (Phi) is 4.22. The van der Waals surface area contributed by atoms with Crippen molar-refractivity contribution in [2.45, 2.75) is 51.1 Å². The zero-order chi connectivity index (χ0) is 13.9. The fraction of sp³-hybridized carbons (Fsp3) is 0.600. The molecule has 2 heterocycles. The van der Waals surface area contributed by atoms with Gasteiger partial charge in [0.2, 0.25) is 0 Å². The van der Waals surface area contributed by atoms with Gasteiger partial charge in [-0.3, -0.25) is 0 Å². The van der Waals surface area contributed by atoms with Crippen LogP contribution in [0.5, 0.6) is 0 Å². The second-order valence-electron chi connectivity index (χ2n) is 5.45. The molecule has 0 unspecified atom stereocenters. The second-order valence-corrected chi connectivity index (χ2v) is 5.71. The molecule has 0 aliphatic heterocycles. The summed E-state index contributed by atoms with van der Waals surface area (Å²) in [5, 5.41) is 0. The molecular formula is C15H20ClN3O. The summed E-state index contributed by atoms with van der Waals surface area (Å²) in [5.41, 5.74) is 2.94. The van der Waals surface area contributed by atoms with E-state index in [0.29, 0.717) is 18.6 Å². The van der Waals surface area contributed by atoms with Crippen molar-refractivity contribution in [3.05, 3.63) is 23.7 Å². The van der Waals surface area contributed by atoms with Crippen LogP contribution in [0.4, 0.5) is 0 Å². The molecule has 0 saturated heterocycles. The molecular weight excluding hydrogens is 274 g/mol. The van der Waals surface area contributed by atoms with Gasteiger partial charge in [-0.15, -0.1) is 11.6 Å². The van der Waals surface area contributed by atoms with E-state index in [1.165, 1.54) is 25.7 Å². The minimum Gasteiger partial charge on any atom is -0.376 e. The molecule has 1 fully saturated rings. The quantitative estimate of drug-likeness (QED) is 0.793. The van der Waals surface area contributed by atoms with Crippen molar-refractivity contribution >= 4 is 22.8 Å². The highest BCUT2D eigenvalue weighted by Crippen LogP contribution is 2.21. The number of hydrogen-bond acceptors (Lipinski definition) is 3. The van der Waals surface area contributed by atoms with E-state index >= 15 is 0 Å². The number of aromatic nitrogens is 3. The van der Waals surface area contributed by atoms with Crippen LogP contribution in [0.2, 0.25) is 0 Å². The first-order chi connectivity index (χ1) is 9.78. The van der Waals surface area contributed by atoms with Gasteiger partial charge in [0.1, 0.15) is 11.3 Å². The molecule has 1 aliphatic carbocycles. The van der Waals surface area contributed by atoms with Crippen molar-refractivity contribution < 1.29 is 4.74 Å². The fourth-order valence-electron chi connectivity index (χ4n) is 2.86. The van der Waals surface area contributed by atoms with E-state index < -0.39 is 0 Å². The molecule has 0 radical (unpaired) electrons. The number of rotatable bonds is 5. The molecule has 0 bridgehead atoms. The number of halogens is 1. The molecule has 4 nitrogen and oxygen atoms in total. The van der Waals surface area contributed by atoms with Crippen LogP contribution in [-0.4, -0.2) is 27.2 Å². The van der Waals surface area contributed by atoms with E-state index in [2.05, 4.69) is 14.5 Å². The lowest BCUT2D eigenvalue weighted by molar-refractivity contribution is 0.0531. The largest absolute Gasteiger partial charge is 0.376 e. The number of hydrogen-bond donors (Lipinski definition) is 0. The van der Waals surface area contributed by atoms with Crippen LogP contribution in [-0.2, 0) is 17.2 Å². The van der Waals surface area contributed by atoms with Crippen LogP contribution in [0.1, 0.15) is 37.1 Å². The number of imidazole rings is 1. The molecule has 0 atom stereocenters. The van der Waals surface area contributed by atoms with Crippen LogP contribution in [0.3, 0.4) is 0 Å². The van der Waals surface area contributed by atoms with Gasteiger partial charge in [0.05, 0.1) is 18.6 Å². The molecule has 3 rings (SSSR count). The Morgan fingerprint density at radius 3 is 2.95 bits per heavy atom. The molecule has 0 N–H and O–H groups in total. The lowest BCUT2D eigenvalue weighted by Crippen LogP contribution is -2.14. The fourth-order valence-corrected chi connectivity index (χ4v) is 3.07. The maximum Gasteiger partial charge on any atom is 0.160 e. The Labute approximate surface area is 124 Å². The average molecular weight is 294 g/mol. The third kappa shape index (κ3) is 2.81. The lowest BCUT2D eigenvalue weighted by Gasteiger charge is -2.12.